The van der Waals surface area contributed by atoms with E-state index in [2.05, 4.69) is 90.6 Å². The van der Waals surface area contributed by atoms with E-state index in [1.807, 2.05) is 0 Å². The number of H-pyrrole nitrogens is 2. The molecular weight excluding hydrogens is 418 g/mol. The Morgan fingerprint density at radius 2 is 1.30 bits per heavy atom. The van der Waals surface area contributed by atoms with Gasteiger partial charge in [0.2, 0.25) is 0 Å². The van der Waals surface area contributed by atoms with E-state index in [1.54, 1.807) is 0 Å². The Hall–Kier alpha value is -1.56. The van der Waals surface area contributed by atoms with E-state index in [0.717, 1.165) is 20.0 Å². The normalized spacial score (nSPS) is 11.8. The van der Waals surface area contributed by atoms with E-state index in [-0.39, 0.29) is 5.92 Å². The first-order valence-corrected chi connectivity index (χ1v) is 8.99. The summed E-state index contributed by atoms with van der Waals surface area (Å²) in [5.41, 5.74) is 10.9. The fourth-order valence-electron chi connectivity index (χ4n) is 3.24. The number of halogens is 2. The van der Waals surface area contributed by atoms with E-state index in [0.29, 0.717) is 6.54 Å². The highest BCUT2D eigenvalue weighted by molar-refractivity contribution is 9.10. The lowest BCUT2D eigenvalue weighted by Crippen LogP contribution is -2.13. The molecule has 0 aliphatic heterocycles. The summed E-state index contributed by atoms with van der Waals surface area (Å²) in [6.07, 6.45) is 4.15. The molecule has 0 saturated heterocycles. The van der Waals surface area contributed by atoms with Crippen LogP contribution in [0.25, 0.3) is 21.8 Å². The Labute approximate surface area is 150 Å². The molecule has 0 unspecified atom stereocenters. The monoisotopic (exact) mass is 431 g/mol. The van der Waals surface area contributed by atoms with Gasteiger partial charge in [-0.15, -0.1) is 0 Å². The molecule has 0 aliphatic rings. The number of hydrogen-bond donors (Lipinski definition) is 3. The minimum atomic E-state index is 0.153. The molecule has 0 amide bonds. The summed E-state index contributed by atoms with van der Waals surface area (Å²) in [6.45, 7) is 0.562. The number of benzene rings is 2. The van der Waals surface area contributed by atoms with Gasteiger partial charge in [0.15, 0.2) is 0 Å². The number of hydrogen-bond acceptors (Lipinski definition) is 1. The van der Waals surface area contributed by atoms with E-state index >= 15 is 0 Å². The van der Waals surface area contributed by atoms with Gasteiger partial charge in [-0.1, -0.05) is 44.0 Å². The molecule has 4 aromatic rings. The number of aromatic nitrogens is 2. The number of aromatic amines is 2. The maximum absolute atomic E-state index is 6.15. The van der Waals surface area contributed by atoms with Crippen LogP contribution in [0.15, 0.2) is 57.7 Å². The van der Waals surface area contributed by atoms with Crippen LogP contribution in [0.3, 0.4) is 0 Å². The lowest BCUT2D eigenvalue weighted by molar-refractivity contribution is 0.832. The molecule has 5 heteroatoms. The molecule has 4 N–H and O–H groups in total. The average molecular weight is 433 g/mol. The summed E-state index contributed by atoms with van der Waals surface area (Å²) in [4.78, 5) is 6.72. The summed E-state index contributed by atoms with van der Waals surface area (Å²) in [7, 11) is 0. The largest absolute Gasteiger partial charge is 0.361 e. The molecule has 0 fully saturated rings. The van der Waals surface area contributed by atoms with Crippen molar-refractivity contribution in [3.05, 3.63) is 68.9 Å². The minimum absolute atomic E-state index is 0.153. The van der Waals surface area contributed by atoms with Crippen LogP contribution in [-0.2, 0) is 0 Å². The van der Waals surface area contributed by atoms with Gasteiger partial charge in [-0.05, 0) is 35.4 Å². The third-order valence-electron chi connectivity index (χ3n) is 4.34. The van der Waals surface area contributed by atoms with E-state index < -0.39 is 0 Å². The zero-order chi connectivity index (χ0) is 16.0. The summed E-state index contributed by atoms with van der Waals surface area (Å²) in [6, 6.07) is 12.6. The molecule has 23 heavy (non-hydrogen) atoms. The van der Waals surface area contributed by atoms with E-state index in [1.165, 1.54) is 21.9 Å². The topological polar surface area (TPSA) is 57.6 Å². The lowest BCUT2D eigenvalue weighted by Gasteiger charge is -2.14. The van der Waals surface area contributed by atoms with Gasteiger partial charge in [0.05, 0.1) is 0 Å². The summed E-state index contributed by atoms with van der Waals surface area (Å²) < 4.78 is 2.14. The Kier molecular flexibility index (Phi) is 3.79. The van der Waals surface area contributed by atoms with Crippen LogP contribution in [0, 0.1) is 0 Å². The third-order valence-corrected chi connectivity index (χ3v) is 5.32. The molecule has 0 atom stereocenters. The zero-order valence-corrected chi connectivity index (χ0v) is 15.4. The van der Waals surface area contributed by atoms with Crippen molar-refractivity contribution in [1.82, 2.24) is 9.97 Å². The Bertz CT molecular complexity index is 920. The van der Waals surface area contributed by atoms with Crippen molar-refractivity contribution in [1.29, 1.82) is 0 Å². The number of fused-ring (bicyclic) bond motifs is 2. The van der Waals surface area contributed by atoms with Gasteiger partial charge in [0, 0.05) is 55.6 Å². The van der Waals surface area contributed by atoms with Crippen molar-refractivity contribution in [2.24, 2.45) is 5.73 Å². The number of nitrogens with one attached hydrogen (secondary N) is 2. The quantitative estimate of drug-likeness (QED) is 0.406. The highest BCUT2D eigenvalue weighted by Gasteiger charge is 2.20. The van der Waals surface area contributed by atoms with Gasteiger partial charge in [-0.2, -0.15) is 0 Å². The van der Waals surface area contributed by atoms with Crippen molar-refractivity contribution in [2.45, 2.75) is 5.92 Å². The fraction of sp³-hybridized carbons (Fsp3) is 0.111. The second-order valence-electron chi connectivity index (χ2n) is 5.66. The van der Waals surface area contributed by atoms with Crippen molar-refractivity contribution >= 4 is 53.7 Å². The molecule has 4 rings (SSSR count). The molecule has 0 radical (unpaired) electrons. The predicted octanol–water partition coefficient (Wildman–Crippen LogP) is 5.26. The second kappa shape index (κ2) is 5.82. The zero-order valence-electron chi connectivity index (χ0n) is 12.2. The van der Waals surface area contributed by atoms with Crippen LogP contribution in [-0.4, -0.2) is 16.5 Å². The van der Waals surface area contributed by atoms with Gasteiger partial charge in [0.25, 0.3) is 0 Å². The van der Waals surface area contributed by atoms with Crippen LogP contribution in [0.4, 0.5) is 0 Å². The molecule has 2 aromatic heterocycles. The lowest BCUT2D eigenvalue weighted by atomic mass is 9.91. The molecule has 116 valence electrons. The van der Waals surface area contributed by atoms with Gasteiger partial charge < -0.3 is 15.7 Å². The summed E-state index contributed by atoms with van der Waals surface area (Å²) in [5.74, 6) is 0.153. The Morgan fingerprint density at radius 1 is 0.826 bits per heavy atom. The first kappa shape index (κ1) is 15.0. The number of nitrogens with two attached hydrogens (primary N) is 1. The summed E-state index contributed by atoms with van der Waals surface area (Å²) in [5, 5.41) is 2.44. The maximum Gasteiger partial charge on any atom is 0.0468 e. The Balaban J connectivity index is 1.89. The smallest absolute Gasteiger partial charge is 0.0468 e. The molecule has 0 bridgehead atoms. The highest BCUT2D eigenvalue weighted by Crippen LogP contribution is 2.35. The molecule has 2 aromatic carbocycles. The van der Waals surface area contributed by atoms with Crippen LogP contribution in [0.5, 0.6) is 0 Å². The van der Waals surface area contributed by atoms with Crippen LogP contribution in [0.1, 0.15) is 17.0 Å². The van der Waals surface area contributed by atoms with Gasteiger partial charge in [-0.25, -0.2) is 0 Å². The van der Waals surface area contributed by atoms with Crippen molar-refractivity contribution in [3.8, 4) is 0 Å². The highest BCUT2D eigenvalue weighted by atomic mass is 79.9. The molecule has 2 heterocycles. The second-order valence-corrected chi connectivity index (χ2v) is 7.49. The molecule has 0 spiro atoms. The molecular formula is C18H15Br2N3. The standard InChI is InChI=1S/C18H15Br2N3/c19-10-1-3-12-15(8-22-17(12)5-10)14(7-21)16-9-23-18-6-11(20)2-4-13(16)18/h1-6,8-9,14,22-23H,7,21H2. The van der Waals surface area contributed by atoms with E-state index in [4.69, 9.17) is 5.73 Å². The number of rotatable bonds is 3. The van der Waals surface area contributed by atoms with Gasteiger partial charge >= 0.3 is 0 Å². The SMILES string of the molecule is NCC(c1c[nH]c2cc(Br)ccc12)c1c[nH]c2cc(Br)ccc12. The van der Waals surface area contributed by atoms with Gasteiger partial charge in [0.1, 0.15) is 0 Å². The van der Waals surface area contributed by atoms with Gasteiger partial charge in [-0.3, -0.25) is 0 Å². The minimum Gasteiger partial charge on any atom is -0.361 e. The fourth-order valence-corrected chi connectivity index (χ4v) is 3.96. The van der Waals surface area contributed by atoms with Crippen molar-refractivity contribution in [3.63, 3.8) is 0 Å². The van der Waals surface area contributed by atoms with Crippen LogP contribution < -0.4 is 5.73 Å². The first-order valence-electron chi connectivity index (χ1n) is 7.40. The molecule has 0 aliphatic carbocycles. The molecule has 0 saturated carbocycles. The third kappa shape index (κ3) is 2.53. The van der Waals surface area contributed by atoms with E-state index in [9.17, 15) is 0 Å². The molecule has 3 nitrogen and oxygen atoms in total. The van der Waals surface area contributed by atoms with Crippen LogP contribution >= 0.6 is 31.9 Å². The maximum atomic E-state index is 6.15. The first-order chi connectivity index (χ1) is 11.2. The van der Waals surface area contributed by atoms with Crippen molar-refractivity contribution < 1.29 is 0 Å². The Morgan fingerprint density at radius 3 is 1.74 bits per heavy atom. The van der Waals surface area contributed by atoms with Crippen LogP contribution in [0.2, 0.25) is 0 Å². The average Bonchev–Trinajstić information content (AvgIpc) is 3.13. The summed E-state index contributed by atoms with van der Waals surface area (Å²) >= 11 is 7.04. The predicted molar refractivity (Wildman–Crippen MR) is 103 cm³/mol. The van der Waals surface area contributed by atoms with Crippen molar-refractivity contribution in [2.75, 3.05) is 6.54 Å².